The van der Waals surface area contributed by atoms with Crippen LogP contribution in [0.3, 0.4) is 0 Å². The highest BCUT2D eigenvalue weighted by atomic mass is 16.3. The van der Waals surface area contributed by atoms with Crippen LogP contribution in [0.15, 0.2) is 36.4 Å². The summed E-state index contributed by atoms with van der Waals surface area (Å²) < 4.78 is 0. The molecule has 2 rings (SSSR count). The van der Waals surface area contributed by atoms with Crippen molar-refractivity contribution < 1.29 is 5.11 Å². The van der Waals surface area contributed by atoms with Crippen LogP contribution in [0.1, 0.15) is 31.1 Å². The number of hydrogen-bond donors (Lipinski definition) is 1. The Hall–Kier alpha value is -1.34. The van der Waals surface area contributed by atoms with Crippen LogP contribution in [0.4, 0.5) is 0 Å². The van der Waals surface area contributed by atoms with E-state index in [4.69, 9.17) is 0 Å². The second-order valence-corrected chi connectivity index (χ2v) is 3.89. The summed E-state index contributed by atoms with van der Waals surface area (Å²) in [6.07, 6.45) is 0.566. The predicted molar refractivity (Wildman–Crippen MR) is 64.0 cm³/mol. The molecule has 0 amide bonds. The fourth-order valence-corrected chi connectivity index (χ4v) is 2.14. The van der Waals surface area contributed by atoms with Gasteiger partial charge in [-0.2, -0.15) is 0 Å². The Morgan fingerprint density at radius 1 is 1.13 bits per heavy atom. The van der Waals surface area contributed by atoms with Gasteiger partial charge >= 0.3 is 0 Å². The maximum absolute atomic E-state index is 9.83. The first-order valence-electron chi connectivity index (χ1n) is 5.42. The molecular weight excluding hydrogens is 184 g/mol. The Labute approximate surface area is 90.4 Å². The topological polar surface area (TPSA) is 20.2 Å². The average molecular weight is 200 g/mol. The quantitative estimate of drug-likeness (QED) is 0.787. The van der Waals surface area contributed by atoms with Crippen molar-refractivity contribution in [3.8, 4) is 0 Å². The Morgan fingerprint density at radius 2 is 1.87 bits per heavy atom. The molecule has 1 heteroatoms. The number of rotatable bonds is 2. The molecule has 1 unspecified atom stereocenters. The van der Waals surface area contributed by atoms with Gasteiger partial charge < -0.3 is 5.11 Å². The molecule has 78 valence electrons. The van der Waals surface area contributed by atoms with Crippen LogP contribution in [-0.2, 0) is 6.42 Å². The van der Waals surface area contributed by atoms with Gasteiger partial charge in [0.1, 0.15) is 0 Å². The van der Waals surface area contributed by atoms with E-state index < -0.39 is 6.10 Å². The second kappa shape index (κ2) is 4.03. The van der Waals surface area contributed by atoms with Crippen LogP contribution in [0.25, 0.3) is 10.8 Å². The van der Waals surface area contributed by atoms with Crippen LogP contribution in [0.2, 0.25) is 0 Å². The van der Waals surface area contributed by atoms with Crippen molar-refractivity contribution in [3.63, 3.8) is 0 Å². The SMILES string of the molecule is CCc1ccc2ccccc2c1C(C)O. The molecule has 2 aromatic carbocycles. The van der Waals surface area contributed by atoms with Crippen molar-refractivity contribution in [1.82, 2.24) is 0 Å². The van der Waals surface area contributed by atoms with Crippen LogP contribution in [-0.4, -0.2) is 5.11 Å². The number of aliphatic hydroxyl groups is 1. The van der Waals surface area contributed by atoms with Crippen LogP contribution < -0.4 is 0 Å². The number of fused-ring (bicyclic) bond motifs is 1. The zero-order valence-electron chi connectivity index (χ0n) is 9.20. The molecule has 1 atom stereocenters. The fourth-order valence-electron chi connectivity index (χ4n) is 2.14. The number of benzene rings is 2. The summed E-state index contributed by atoms with van der Waals surface area (Å²) in [5.41, 5.74) is 2.32. The molecule has 0 bridgehead atoms. The summed E-state index contributed by atoms with van der Waals surface area (Å²) in [5, 5.41) is 12.2. The first-order chi connectivity index (χ1) is 7.24. The fraction of sp³-hybridized carbons (Fsp3) is 0.286. The lowest BCUT2D eigenvalue weighted by Crippen LogP contribution is -1.98. The monoisotopic (exact) mass is 200 g/mol. The second-order valence-electron chi connectivity index (χ2n) is 3.89. The third-order valence-electron chi connectivity index (χ3n) is 2.86. The van der Waals surface area contributed by atoms with Crippen molar-refractivity contribution in [1.29, 1.82) is 0 Å². The molecule has 0 saturated carbocycles. The molecule has 1 N–H and O–H groups in total. The van der Waals surface area contributed by atoms with Gasteiger partial charge in [-0.05, 0) is 35.2 Å². The van der Waals surface area contributed by atoms with E-state index in [2.05, 4.69) is 31.2 Å². The molecule has 1 nitrogen and oxygen atoms in total. The molecule has 15 heavy (non-hydrogen) atoms. The molecular formula is C14H16O. The van der Waals surface area contributed by atoms with Crippen LogP contribution >= 0.6 is 0 Å². The smallest absolute Gasteiger partial charge is 0.0770 e. The lowest BCUT2D eigenvalue weighted by atomic mass is 9.94. The van der Waals surface area contributed by atoms with E-state index in [0.717, 1.165) is 12.0 Å². The summed E-state index contributed by atoms with van der Waals surface area (Å²) in [4.78, 5) is 0. The number of aliphatic hydroxyl groups excluding tert-OH is 1. The Balaban J connectivity index is 2.79. The lowest BCUT2D eigenvalue weighted by Gasteiger charge is -2.14. The van der Waals surface area contributed by atoms with Gasteiger partial charge in [0.05, 0.1) is 6.10 Å². The van der Waals surface area contributed by atoms with Gasteiger partial charge in [0.15, 0.2) is 0 Å². The Kier molecular flexibility index (Phi) is 2.74. The Bertz CT molecular complexity index is 472. The van der Waals surface area contributed by atoms with E-state index >= 15 is 0 Å². The molecule has 2 aromatic rings. The van der Waals surface area contributed by atoms with Gasteiger partial charge in [0, 0.05) is 0 Å². The van der Waals surface area contributed by atoms with Gasteiger partial charge in [-0.3, -0.25) is 0 Å². The number of hydrogen-bond acceptors (Lipinski definition) is 1. The maximum atomic E-state index is 9.83. The summed E-state index contributed by atoms with van der Waals surface area (Å²) in [6, 6.07) is 12.5. The minimum atomic E-state index is -0.397. The molecule has 0 aliphatic rings. The maximum Gasteiger partial charge on any atom is 0.0770 e. The third kappa shape index (κ3) is 1.75. The molecule has 0 radical (unpaired) electrons. The van der Waals surface area contributed by atoms with Gasteiger partial charge in [-0.25, -0.2) is 0 Å². The molecule has 0 aliphatic carbocycles. The largest absolute Gasteiger partial charge is 0.389 e. The van der Waals surface area contributed by atoms with Crippen LogP contribution in [0.5, 0.6) is 0 Å². The van der Waals surface area contributed by atoms with Crippen molar-refractivity contribution in [2.45, 2.75) is 26.4 Å². The zero-order valence-corrected chi connectivity index (χ0v) is 9.20. The van der Waals surface area contributed by atoms with Crippen molar-refractivity contribution in [2.75, 3.05) is 0 Å². The lowest BCUT2D eigenvalue weighted by molar-refractivity contribution is 0.200. The molecule has 0 aliphatic heterocycles. The standard InChI is InChI=1S/C14H16O/c1-3-11-8-9-12-6-4-5-7-13(12)14(11)10(2)15/h4-10,15H,3H2,1-2H3. The van der Waals surface area contributed by atoms with E-state index in [9.17, 15) is 5.11 Å². The van der Waals surface area contributed by atoms with E-state index in [1.54, 1.807) is 0 Å². The summed E-state index contributed by atoms with van der Waals surface area (Å²) in [5.74, 6) is 0. The predicted octanol–water partition coefficient (Wildman–Crippen LogP) is 3.46. The zero-order chi connectivity index (χ0) is 10.8. The molecule has 0 aromatic heterocycles. The van der Waals surface area contributed by atoms with E-state index in [0.29, 0.717) is 0 Å². The average Bonchev–Trinajstić information content (AvgIpc) is 2.27. The van der Waals surface area contributed by atoms with Gasteiger partial charge in [-0.1, -0.05) is 43.3 Å². The van der Waals surface area contributed by atoms with Crippen molar-refractivity contribution >= 4 is 10.8 Å². The summed E-state index contributed by atoms with van der Waals surface area (Å²) in [7, 11) is 0. The molecule has 0 spiro atoms. The minimum Gasteiger partial charge on any atom is -0.389 e. The first kappa shape index (κ1) is 10.2. The molecule has 0 heterocycles. The van der Waals surface area contributed by atoms with Gasteiger partial charge in [-0.15, -0.1) is 0 Å². The minimum absolute atomic E-state index is 0.397. The number of aryl methyl sites for hydroxylation is 1. The van der Waals surface area contributed by atoms with E-state index in [1.807, 2.05) is 19.1 Å². The normalized spacial score (nSPS) is 13.0. The first-order valence-corrected chi connectivity index (χ1v) is 5.42. The molecule has 0 saturated heterocycles. The van der Waals surface area contributed by atoms with Crippen LogP contribution in [0, 0.1) is 0 Å². The van der Waals surface area contributed by atoms with Gasteiger partial charge in [0.25, 0.3) is 0 Å². The van der Waals surface area contributed by atoms with E-state index in [1.165, 1.54) is 16.3 Å². The highest BCUT2D eigenvalue weighted by molar-refractivity contribution is 5.87. The highest BCUT2D eigenvalue weighted by Crippen LogP contribution is 2.28. The van der Waals surface area contributed by atoms with Crippen molar-refractivity contribution in [3.05, 3.63) is 47.5 Å². The van der Waals surface area contributed by atoms with E-state index in [-0.39, 0.29) is 0 Å². The van der Waals surface area contributed by atoms with Gasteiger partial charge in [0.2, 0.25) is 0 Å². The van der Waals surface area contributed by atoms with Crippen molar-refractivity contribution in [2.24, 2.45) is 0 Å². The molecule has 0 fully saturated rings. The third-order valence-corrected chi connectivity index (χ3v) is 2.86. The Morgan fingerprint density at radius 3 is 2.53 bits per heavy atom. The highest BCUT2D eigenvalue weighted by Gasteiger charge is 2.10. The summed E-state index contributed by atoms with van der Waals surface area (Å²) >= 11 is 0. The summed E-state index contributed by atoms with van der Waals surface area (Å²) in [6.45, 7) is 3.96.